The van der Waals surface area contributed by atoms with Crippen molar-refractivity contribution in [3.05, 3.63) is 22.7 Å². The number of carboxylic acid groups (broad SMARTS) is 1. The Kier molecular flexibility index (Phi) is 2.83. The number of thiazole rings is 1. The molecule has 1 aromatic rings. The first-order valence-corrected chi connectivity index (χ1v) is 4.78. The van der Waals surface area contributed by atoms with Gasteiger partial charge in [-0.2, -0.15) is 0 Å². The van der Waals surface area contributed by atoms with E-state index in [-0.39, 0.29) is 5.57 Å². The van der Waals surface area contributed by atoms with Crippen molar-refractivity contribution in [1.29, 1.82) is 0 Å². The van der Waals surface area contributed by atoms with Gasteiger partial charge in [0.25, 0.3) is 0 Å². The highest BCUT2D eigenvalue weighted by Gasteiger charge is 2.12. The summed E-state index contributed by atoms with van der Waals surface area (Å²) < 4.78 is 0. The highest BCUT2D eigenvalue weighted by atomic mass is 32.1. The number of carbonyl (C=O) groups is 1. The third-order valence-corrected chi connectivity index (χ3v) is 2.73. The fourth-order valence-electron chi connectivity index (χ4n) is 0.801. The van der Waals surface area contributed by atoms with E-state index in [0.29, 0.717) is 11.6 Å². The maximum absolute atomic E-state index is 10.5. The molecular formula is C9H11NO2S. The molecule has 70 valence electrons. The largest absolute Gasteiger partial charge is 0.478 e. The van der Waals surface area contributed by atoms with E-state index in [0.717, 1.165) is 5.01 Å². The second-order valence-corrected chi connectivity index (χ2v) is 3.90. The molecule has 0 radical (unpaired) electrons. The summed E-state index contributed by atoms with van der Waals surface area (Å²) in [7, 11) is 0. The van der Waals surface area contributed by atoms with E-state index >= 15 is 0 Å². The first-order chi connectivity index (χ1) is 6.02. The van der Waals surface area contributed by atoms with Crippen molar-refractivity contribution in [3.63, 3.8) is 0 Å². The van der Waals surface area contributed by atoms with Crippen LogP contribution in [0.2, 0.25) is 0 Å². The highest BCUT2D eigenvalue weighted by molar-refractivity contribution is 7.09. The van der Waals surface area contributed by atoms with Crippen LogP contribution in [0.25, 0.3) is 5.57 Å². The summed E-state index contributed by atoms with van der Waals surface area (Å²) in [4.78, 5) is 14.7. The average molecular weight is 197 g/mol. The molecule has 0 bridgehead atoms. The van der Waals surface area contributed by atoms with E-state index < -0.39 is 5.97 Å². The molecule has 0 aliphatic carbocycles. The highest BCUT2D eigenvalue weighted by Crippen LogP contribution is 2.22. The number of nitrogens with zero attached hydrogens (tertiary/aromatic N) is 1. The summed E-state index contributed by atoms with van der Waals surface area (Å²) in [5.41, 5.74) is 0.532. The first kappa shape index (κ1) is 9.92. The van der Waals surface area contributed by atoms with Gasteiger partial charge in [-0.25, -0.2) is 9.78 Å². The monoisotopic (exact) mass is 197 g/mol. The van der Waals surface area contributed by atoms with Crippen LogP contribution in [0.15, 0.2) is 12.0 Å². The Balaban J connectivity index is 2.92. The normalized spacial score (nSPS) is 10.4. The van der Waals surface area contributed by atoms with Crippen LogP contribution in [-0.2, 0) is 4.79 Å². The van der Waals surface area contributed by atoms with Gasteiger partial charge in [0.2, 0.25) is 0 Å². The maximum Gasteiger partial charge on any atom is 0.337 e. The number of aromatic nitrogens is 1. The SMILES string of the molecule is C=C(C(=O)O)c1csc(C(C)C)n1. The van der Waals surface area contributed by atoms with E-state index in [1.165, 1.54) is 11.3 Å². The third-order valence-electron chi connectivity index (χ3n) is 1.58. The molecule has 0 amide bonds. The van der Waals surface area contributed by atoms with Crippen LogP contribution in [0.1, 0.15) is 30.5 Å². The first-order valence-electron chi connectivity index (χ1n) is 3.90. The van der Waals surface area contributed by atoms with E-state index in [4.69, 9.17) is 5.11 Å². The fraction of sp³-hybridized carbons (Fsp3) is 0.333. The zero-order valence-corrected chi connectivity index (χ0v) is 8.39. The van der Waals surface area contributed by atoms with Crippen LogP contribution in [0.5, 0.6) is 0 Å². The van der Waals surface area contributed by atoms with Crippen LogP contribution >= 0.6 is 11.3 Å². The Hall–Kier alpha value is -1.16. The van der Waals surface area contributed by atoms with E-state index in [2.05, 4.69) is 11.6 Å². The van der Waals surface area contributed by atoms with Crippen LogP contribution in [0, 0.1) is 0 Å². The van der Waals surface area contributed by atoms with Crippen molar-refractivity contribution in [1.82, 2.24) is 4.98 Å². The maximum atomic E-state index is 10.5. The smallest absolute Gasteiger partial charge is 0.337 e. The Labute approximate surface area is 80.7 Å². The summed E-state index contributed by atoms with van der Waals surface area (Å²) >= 11 is 1.47. The van der Waals surface area contributed by atoms with Crippen molar-refractivity contribution in [3.8, 4) is 0 Å². The third kappa shape index (κ3) is 2.15. The average Bonchev–Trinajstić information content (AvgIpc) is 2.50. The molecular weight excluding hydrogens is 186 g/mol. The van der Waals surface area contributed by atoms with Gasteiger partial charge in [0.1, 0.15) is 0 Å². The van der Waals surface area contributed by atoms with Gasteiger partial charge in [-0.3, -0.25) is 0 Å². The molecule has 0 aliphatic rings. The molecule has 13 heavy (non-hydrogen) atoms. The second kappa shape index (κ2) is 3.70. The van der Waals surface area contributed by atoms with Gasteiger partial charge >= 0.3 is 5.97 Å². The van der Waals surface area contributed by atoms with Gasteiger partial charge in [-0.1, -0.05) is 20.4 Å². The Bertz CT molecular complexity index is 341. The molecule has 4 heteroatoms. The van der Waals surface area contributed by atoms with Crippen molar-refractivity contribution >= 4 is 22.9 Å². The lowest BCUT2D eigenvalue weighted by Crippen LogP contribution is -1.98. The molecule has 1 N–H and O–H groups in total. The minimum absolute atomic E-state index is 0.0585. The standard InChI is InChI=1S/C9H11NO2S/c1-5(2)8-10-7(4-13-8)6(3)9(11)12/h4-5H,3H2,1-2H3,(H,11,12). The summed E-state index contributed by atoms with van der Waals surface area (Å²) in [6.07, 6.45) is 0. The predicted octanol–water partition coefficient (Wildman–Crippen LogP) is 2.36. The van der Waals surface area contributed by atoms with Crippen molar-refractivity contribution < 1.29 is 9.90 Å². The minimum Gasteiger partial charge on any atom is -0.478 e. The molecule has 0 aliphatic heterocycles. The van der Waals surface area contributed by atoms with Crippen molar-refractivity contribution in [2.75, 3.05) is 0 Å². The van der Waals surface area contributed by atoms with Crippen LogP contribution in [-0.4, -0.2) is 16.1 Å². The quantitative estimate of drug-likeness (QED) is 0.757. The second-order valence-electron chi connectivity index (χ2n) is 3.01. The number of rotatable bonds is 3. The van der Waals surface area contributed by atoms with E-state index in [1.54, 1.807) is 5.38 Å². The topological polar surface area (TPSA) is 50.2 Å². The van der Waals surface area contributed by atoms with E-state index in [9.17, 15) is 4.79 Å². The van der Waals surface area contributed by atoms with Gasteiger partial charge in [0.05, 0.1) is 16.3 Å². The number of aliphatic carboxylic acids is 1. The van der Waals surface area contributed by atoms with Gasteiger partial charge < -0.3 is 5.11 Å². The van der Waals surface area contributed by atoms with Crippen molar-refractivity contribution in [2.45, 2.75) is 19.8 Å². The van der Waals surface area contributed by atoms with E-state index in [1.807, 2.05) is 13.8 Å². The lowest BCUT2D eigenvalue weighted by molar-refractivity contribution is -0.130. The summed E-state index contributed by atoms with van der Waals surface area (Å²) in [6.45, 7) is 7.48. The minimum atomic E-state index is -1.01. The zero-order chi connectivity index (χ0) is 10.0. The van der Waals surface area contributed by atoms with Crippen LogP contribution in [0.4, 0.5) is 0 Å². The Morgan fingerprint density at radius 3 is 2.69 bits per heavy atom. The zero-order valence-electron chi connectivity index (χ0n) is 7.57. The lowest BCUT2D eigenvalue weighted by atomic mass is 10.2. The number of hydrogen-bond acceptors (Lipinski definition) is 3. The molecule has 1 heterocycles. The summed E-state index contributed by atoms with van der Waals surface area (Å²) in [5.74, 6) is -0.680. The van der Waals surface area contributed by atoms with Gasteiger partial charge in [0, 0.05) is 11.3 Å². The molecule has 0 fully saturated rings. The molecule has 0 atom stereocenters. The summed E-state index contributed by atoms with van der Waals surface area (Å²) in [6, 6.07) is 0. The molecule has 0 spiro atoms. The lowest BCUT2D eigenvalue weighted by Gasteiger charge is -1.96. The Morgan fingerprint density at radius 2 is 2.31 bits per heavy atom. The molecule has 0 saturated heterocycles. The number of hydrogen-bond donors (Lipinski definition) is 1. The molecule has 0 saturated carbocycles. The summed E-state index contributed by atoms with van der Waals surface area (Å²) in [5, 5.41) is 11.3. The Morgan fingerprint density at radius 1 is 1.69 bits per heavy atom. The van der Waals surface area contributed by atoms with Crippen LogP contribution in [0.3, 0.4) is 0 Å². The van der Waals surface area contributed by atoms with Gasteiger partial charge in [-0.15, -0.1) is 11.3 Å². The molecule has 3 nitrogen and oxygen atoms in total. The predicted molar refractivity (Wildman–Crippen MR) is 52.9 cm³/mol. The fourth-order valence-corrected chi connectivity index (χ4v) is 1.65. The molecule has 1 rings (SSSR count). The molecule has 0 unspecified atom stereocenters. The van der Waals surface area contributed by atoms with Crippen LogP contribution < -0.4 is 0 Å². The van der Waals surface area contributed by atoms with Gasteiger partial charge in [0.15, 0.2) is 0 Å². The molecule has 1 aromatic heterocycles. The number of carboxylic acids is 1. The molecule has 0 aromatic carbocycles. The van der Waals surface area contributed by atoms with Crippen molar-refractivity contribution in [2.24, 2.45) is 0 Å². The van der Waals surface area contributed by atoms with Gasteiger partial charge in [-0.05, 0) is 0 Å².